The molecule has 0 saturated heterocycles. The summed E-state index contributed by atoms with van der Waals surface area (Å²) in [6.45, 7) is 5.16. The molecule has 1 aromatic carbocycles. The number of hydrogen-bond donors (Lipinski definition) is 1. The first-order valence-electron chi connectivity index (χ1n) is 12.2. The lowest BCUT2D eigenvalue weighted by atomic mass is 9.47. The minimum absolute atomic E-state index is 0.103. The maximum atomic E-state index is 10.2. The average molecular weight is 402 g/mol. The number of aromatic nitrogens is 1. The molecule has 0 aliphatic heterocycles. The van der Waals surface area contributed by atoms with Crippen LogP contribution >= 0.6 is 0 Å². The number of aliphatic hydroxyl groups is 1. The van der Waals surface area contributed by atoms with Crippen LogP contribution in [0.5, 0.6) is 0 Å². The van der Waals surface area contributed by atoms with Gasteiger partial charge in [-0.05, 0) is 103 Å². The van der Waals surface area contributed by atoms with Crippen LogP contribution in [0.4, 0.5) is 0 Å². The van der Waals surface area contributed by atoms with Crippen molar-refractivity contribution in [2.24, 2.45) is 28.6 Å². The first-order chi connectivity index (χ1) is 14.5. The van der Waals surface area contributed by atoms with Crippen LogP contribution < -0.4 is 0 Å². The number of pyridine rings is 1. The van der Waals surface area contributed by atoms with Gasteiger partial charge in [0.25, 0.3) is 0 Å². The molecular weight excluding hydrogens is 366 g/mol. The zero-order chi connectivity index (χ0) is 20.5. The minimum Gasteiger partial charge on any atom is -0.393 e. The lowest BCUT2D eigenvalue weighted by Crippen LogP contribution is -2.50. The van der Waals surface area contributed by atoms with E-state index < -0.39 is 0 Å². The van der Waals surface area contributed by atoms with E-state index in [1.165, 1.54) is 49.3 Å². The molecule has 1 heterocycles. The van der Waals surface area contributed by atoms with Crippen LogP contribution in [-0.2, 0) is 0 Å². The van der Waals surface area contributed by atoms with E-state index in [4.69, 9.17) is 0 Å². The van der Waals surface area contributed by atoms with Gasteiger partial charge in [0.05, 0.1) is 6.10 Å². The van der Waals surface area contributed by atoms with E-state index in [1.807, 2.05) is 12.4 Å². The minimum atomic E-state index is -0.103. The Balaban J connectivity index is 1.33. The lowest BCUT2D eigenvalue weighted by Gasteiger charge is -2.58. The number of fused-ring (bicyclic) bond motifs is 6. The Hall–Kier alpha value is -1.67. The Morgan fingerprint density at radius 1 is 0.967 bits per heavy atom. The molecule has 3 fully saturated rings. The van der Waals surface area contributed by atoms with Gasteiger partial charge in [0, 0.05) is 17.8 Å². The first kappa shape index (κ1) is 19.0. The molecule has 6 rings (SSSR count). The summed E-state index contributed by atoms with van der Waals surface area (Å²) in [5, 5.41) is 12.8. The molecule has 2 nitrogen and oxygen atoms in total. The predicted molar refractivity (Wildman–Crippen MR) is 122 cm³/mol. The molecule has 4 aliphatic rings. The van der Waals surface area contributed by atoms with Crippen LogP contribution in [0.1, 0.15) is 76.7 Å². The maximum absolute atomic E-state index is 10.2. The number of aliphatic hydroxyl groups excluding tert-OH is 1. The second kappa shape index (κ2) is 6.66. The molecule has 7 atom stereocenters. The third kappa shape index (κ3) is 2.62. The molecule has 0 amide bonds. The molecule has 4 aliphatic carbocycles. The standard InChI is InChI=1S/C28H35NO/c1-27-12-9-22(30)16-21(27)5-6-23-25-8-7-24(28(25,2)13-10-26(23)27)19-3-4-20-17-29-14-11-18(20)15-19/h3-5,11,14-15,17,22-26,30H,6-10,12-13,16H2,1-2H3/t22-,23+,24-,25+,26+,27+,28-/m1/s1. The van der Waals surface area contributed by atoms with Crippen molar-refractivity contribution < 1.29 is 5.11 Å². The van der Waals surface area contributed by atoms with Gasteiger partial charge in [-0.1, -0.05) is 43.7 Å². The highest BCUT2D eigenvalue weighted by Crippen LogP contribution is 2.68. The summed E-state index contributed by atoms with van der Waals surface area (Å²) in [5.41, 5.74) is 3.91. The smallest absolute Gasteiger partial charge is 0.0577 e. The number of hydrogen-bond acceptors (Lipinski definition) is 2. The first-order valence-corrected chi connectivity index (χ1v) is 12.2. The topological polar surface area (TPSA) is 33.1 Å². The fourth-order valence-corrected chi connectivity index (χ4v) is 8.51. The predicted octanol–water partition coefficient (Wildman–Crippen LogP) is 6.64. The van der Waals surface area contributed by atoms with Crippen molar-refractivity contribution in [3.8, 4) is 0 Å². The van der Waals surface area contributed by atoms with E-state index in [-0.39, 0.29) is 6.10 Å². The molecule has 2 heteroatoms. The van der Waals surface area contributed by atoms with Crippen molar-refractivity contribution >= 4 is 10.8 Å². The fourth-order valence-electron chi connectivity index (χ4n) is 8.51. The highest BCUT2D eigenvalue weighted by atomic mass is 16.3. The lowest BCUT2D eigenvalue weighted by molar-refractivity contribution is -0.0409. The zero-order valence-electron chi connectivity index (χ0n) is 18.5. The fraction of sp³-hybridized carbons (Fsp3) is 0.607. The zero-order valence-corrected chi connectivity index (χ0v) is 18.5. The van der Waals surface area contributed by atoms with Gasteiger partial charge in [0.2, 0.25) is 0 Å². The molecule has 0 bridgehead atoms. The average Bonchev–Trinajstić information content (AvgIpc) is 3.11. The Labute approximate surface area is 180 Å². The Morgan fingerprint density at radius 3 is 2.77 bits per heavy atom. The molecule has 3 saturated carbocycles. The Morgan fingerprint density at radius 2 is 1.87 bits per heavy atom. The SMILES string of the molecule is C[C@]12CC[C@H]3[C@@H](CC=C4C[C@H](O)CC[C@@]43C)[C@@H]1CC[C@@H]2c1ccc2cnccc2c1. The summed E-state index contributed by atoms with van der Waals surface area (Å²) in [7, 11) is 0. The van der Waals surface area contributed by atoms with Gasteiger partial charge in [0.1, 0.15) is 0 Å². The molecule has 2 aromatic rings. The van der Waals surface area contributed by atoms with E-state index in [0.29, 0.717) is 16.7 Å². The van der Waals surface area contributed by atoms with Crippen molar-refractivity contribution in [1.29, 1.82) is 0 Å². The highest BCUT2D eigenvalue weighted by molar-refractivity contribution is 5.82. The molecule has 158 valence electrons. The van der Waals surface area contributed by atoms with Gasteiger partial charge < -0.3 is 5.11 Å². The van der Waals surface area contributed by atoms with Gasteiger partial charge in [-0.2, -0.15) is 0 Å². The van der Waals surface area contributed by atoms with Crippen molar-refractivity contribution in [3.63, 3.8) is 0 Å². The monoisotopic (exact) mass is 401 g/mol. The van der Waals surface area contributed by atoms with E-state index in [0.717, 1.165) is 30.6 Å². The van der Waals surface area contributed by atoms with Gasteiger partial charge in [-0.3, -0.25) is 4.98 Å². The molecule has 0 spiro atoms. The van der Waals surface area contributed by atoms with Crippen LogP contribution in [0.15, 0.2) is 48.3 Å². The van der Waals surface area contributed by atoms with Crippen LogP contribution in [-0.4, -0.2) is 16.2 Å². The van der Waals surface area contributed by atoms with Crippen molar-refractivity contribution in [1.82, 2.24) is 4.98 Å². The number of benzene rings is 1. The number of allylic oxidation sites excluding steroid dienone is 1. The third-order valence-electron chi connectivity index (χ3n) is 10.1. The summed E-state index contributed by atoms with van der Waals surface area (Å²) in [6, 6.07) is 9.28. The van der Waals surface area contributed by atoms with Gasteiger partial charge >= 0.3 is 0 Å². The van der Waals surface area contributed by atoms with Gasteiger partial charge in [0.15, 0.2) is 0 Å². The summed E-state index contributed by atoms with van der Waals surface area (Å²) >= 11 is 0. The van der Waals surface area contributed by atoms with E-state index in [2.05, 4.69) is 49.2 Å². The normalized spacial score (nSPS) is 42.9. The van der Waals surface area contributed by atoms with Crippen LogP contribution in [0.25, 0.3) is 10.8 Å². The second-order valence-corrected chi connectivity index (χ2v) is 11.3. The molecular formula is C28H35NO. The number of rotatable bonds is 1. The van der Waals surface area contributed by atoms with Crippen LogP contribution in [0.3, 0.4) is 0 Å². The number of nitrogens with zero attached hydrogens (tertiary/aromatic N) is 1. The van der Waals surface area contributed by atoms with Gasteiger partial charge in [-0.25, -0.2) is 0 Å². The molecule has 30 heavy (non-hydrogen) atoms. The van der Waals surface area contributed by atoms with Crippen molar-refractivity contribution in [2.75, 3.05) is 0 Å². The highest BCUT2D eigenvalue weighted by Gasteiger charge is 2.58. The summed E-state index contributed by atoms with van der Waals surface area (Å²) in [6.07, 6.45) is 16.2. The summed E-state index contributed by atoms with van der Waals surface area (Å²) in [4.78, 5) is 4.29. The van der Waals surface area contributed by atoms with E-state index >= 15 is 0 Å². The van der Waals surface area contributed by atoms with Gasteiger partial charge in [-0.15, -0.1) is 0 Å². The maximum Gasteiger partial charge on any atom is 0.0577 e. The van der Waals surface area contributed by atoms with Crippen molar-refractivity contribution in [2.45, 2.75) is 77.2 Å². The summed E-state index contributed by atoms with van der Waals surface area (Å²) in [5.74, 6) is 3.19. The van der Waals surface area contributed by atoms with E-state index in [9.17, 15) is 5.11 Å². The van der Waals surface area contributed by atoms with Crippen LogP contribution in [0.2, 0.25) is 0 Å². The van der Waals surface area contributed by atoms with Crippen LogP contribution in [0, 0.1) is 28.6 Å². The molecule has 1 N–H and O–H groups in total. The second-order valence-electron chi connectivity index (χ2n) is 11.3. The largest absolute Gasteiger partial charge is 0.393 e. The quantitative estimate of drug-likeness (QED) is 0.543. The third-order valence-corrected chi connectivity index (χ3v) is 10.1. The summed E-state index contributed by atoms with van der Waals surface area (Å²) < 4.78 is 0. The molecule has 1 aromatic heterocycles. The molecule has 0 radical (unpaired) electrons. The molecule has 0 unspecified atom stereocenters. The van der Waals surface area contributed by atoms with E-state index in [1.54, 1.807) is 11.1 Å². The van der Waals surface area contributed by atoms with Crippen molar-refractivity contribution in [3.05, 3.63) is 53.9 Å². The Kier molecular flexibility index (Phi) is 4.23. The Bertz CT molecular complexity index is 1010.